The Kier molecular flexibility index (Phi) is 13.8. The van der Waals surface area contributed by atoms with Crippen LogP contribution in [0.2, 0.25) is 0 Å². The Labute approximate surface area is 195 Å². The predicted molar refractivity (Wildman–Crippen MR) is 111 cm³/mol. The van der Waals surface area contributed by atoms with Crippen molar-refractivity contribution in [1.29, 1.82) is 0 Å². The minimum atomic E-state index is -0.741. The van der Waals surface area contributed by atoms with E-state index in [0.29, 0.717) is 6.42 Å². The van der Waals surface area contributed by atoms with Gasteiger partial charge in [-0.2, -0.15) is 71.8 Å². The molecule has 154 valence electrons. The number of hydrogen-bond acceptors (Lipinski definition) is 1. The van der Waals surface area contributed by atoms with Crippen LogP contribution < -0.4 is 0 Å². The molecule has 0 unspecified atom stereocenters. The zero-order chi connectivity index (χ0) is 19.4. The van der Waals surface area contributed by atoms with Crippen LogP contribution in [0.15, 0.2) is 109 Å². The average Bonchev–Trinajstić information content (AvgIpc) is 3.50. The first-order chi connectivity index (χ1) is 13.1. The number of carboxylic acid groups (broad SMARTS) is 1. The summed E-state index contributed by atoms with van der Waals surface area (Å²) in [6.07, 6.45) is 0.809. The molecule has 0 fully saturated rings. The number of aliphatic carboxylic acids is 1. The monoisotopic (exact) mass is 470 g/mol. The fourth-order valence-electron chi connectivity index (χ4n) is 2.94. The molecule has 4 aromatic carbocycles. The molecule has 0 amide bonds. The Balaban J connectivity index is 0.000000537. The second kappa shape index (κ2) is 14.8. The number of carbonyl (C=O) groups is 1. The minimum absolute atomic E-state index is 0. The molecule has 2 nitrogen and oxygen atoms in total. The molecule has 4 aromatic rings. The summed E-state index contributed by atoms with van der Waals surface area (Å²) in [6.45, 7) is 2.11. The summed E-state index contributed by atoms with van der Waals surface area (Å²) in [5, 5.41) is 8.87. The molecule has 0 spiro atoms. The Morgan fingerprint density at radius 1 is 0.793 bits per heavy atom. The summed E-state index contributed by atoms with van der Waals surface area (Å²) in [5.41, 5.74) is 2.17. The fraction of sp³-hybridized carbons (Fsp3) is 0.160. The maximum Gasteiger partial charge on any atom is 2.00 e. The predicted octanol–water partition coefficient (Wildman–Crippen LogP) is 6.10. The van der Waals surface area contributed by atoms with E-state index < -0.39 is 5.97 Å². The summed E-state index contributed by atoms with van der Waals surface area (Å²) in [7, 11) is 0. The first-order valence-corrected chi connectivity index (χ1v) is 9.12. The molecule has 0 heterocycles. The van der Waals surface area contributed by atoms with E-state index in [4.69, 9.17) is 5.11 Å². The van der Waals surface area contributed by atoms with Crippen molar-refractivity contribution in [3.63, 3.8) is 0 Å². The van der Waals surface area contributed by atoms with Crippen LogP contribution in [0, 0.1) is 0 Å². The summed E-state index contributed by atoms with van der Waals surface area (Å²) in [6, 6.07) is 36.2. The Morgan fingerprint density at radius 3 is 1.45 bits per heavy atom. The van der Waals surface area contributed by atoms with E-state index in [-0.39, 0.29) is 46.0 Å². The van der Waals surface area contributed by atoms with Gasteiger partial charge >= 0.3 is 40.1 Å². The Bertz CT molecular complexity index is 717. The van der Waals surface area contributed by atoms with Crippen LogP contribution in [-0.4, -0.2) is 11.1 Å². The first-order valence-electron chi connectivity index (χ1n) is 9.12. The second-order valence-corrected chi connectivity index (χ2v) is 6.50. The summed E-state index contributed by atoms with van der Waals surface area (Å²) < 4.78 is 0. The van der Waals surface area contributed by atoms with Crippen molar-refractivity contribution in [1.82, 2.24) is 0 Å². The van der Waals surface area contributed by atoms with E-state index in [9.17, 15) is 4.79 Å². The van der Waals surface area contributed by atoms with Crippen molar-refractivity contribution in [3.05, 3.63) is 120 Å². The van der Waals surface area contributed by atoms with Gasteiger partial charge in [0.15, 0.2) is 0 Å². The first kappa shape index (κ1) is 26.9. The van der Waals surface area contributed by atoms with Crippen molar-refractivity contribution in [2.45, 2.75) is 25.2 Å². The van der Waals surface area contributed by atoms with Gasteiger partial charge in [0.2, 0.25) is 0 Å². The molecule has 4 rings (SSSR count). The minimum Gasteiger partial charge on any atom is -0.481 e. The molecule has 0 atom stereocenters. The standard InChI is InChI=1S/C15H16O2.2C5H5.2Fe/c1-15(11-10-14(16)17,12-6-2-3-7-12)13-8-4-5-9-13;2*1-2-4-5-3-1;;/h2-9H,10-11H2,1H3,(H,16,17);2*1-5H;;/q-2;2*-1;2*+2. The maximum atomic E-state index is 10.8. The van der Waals surface area contributed by atoms with E-state index in [1.165, 1.54) is 11.1 Å². The summed E-state index contributed by atoms with van der Waals surface area (Å²) in [5.74, 6) is -0.741. The molecule has 0 radical (unpaired) electrons. The summed E-state index contributed by atoms with van der Waals surface area (Å²) in [4.78, 5) is 10.8. The average molecular weight is 470 g/mol. The van der Waals surface area contributed by atoms with Crippen molar-refractivity contribution >= 4 is 5.97 Å². The third kappa shape index (κ3) is 9.30. The number of hydrogen-bond donors (Lipinski definition) is 1. The van der Waals surface area contributed by atoms with Gasteiger partial charge in [-0.3, -0.25) is 4.79 Å². The van der Waals surface area contributed by atoms with Gasteiger partial charge < -0.3 is 5.11 Å². The van der Waals surface area contributed by atoms with Crippen LogP contribution in [0.1, 0.15) is 30.9 Å². The fourth-order valence-corrected chi connectivity index (χ4v) is 2.94. The van der Waals surface area contributed by atoms with Gasteiger partial charge in [0, 0.05) is 6.42 Å². The molecule has 29 heavy (non-hydrogen) atoms. The zero-order valence-electron chi connectivity index (χ0n) is 16.4. The van der Waals surface area contributed by atoms with Crippen molar-refractivity contribution in [3.8, 4) is 0 Å². The van der Waals surface area contributed by atoms with Gasteiger partial charge in [-0.25, -0.2) is 48.5 Å². The number of carboxylic acids is 1. The molecule has 0 saturated heterocycles. The molecule has 0 aliphatic carbocycles. The quantitative estimate of drug-likeness (QED) is 0.283. The van der Waals surface area contributed by atoms with E-state index in [0.717, 1.165) is 0 Å². The molecule has 4 heteroatoms. The van der Waals surface area contributed by atoms with E-state index in [1.807, 2.05) is 84.9 Å². The van der Waals surface area contributed by atoms with Crippen molar-refractivity contribution < 1.29 is 44.0 Å². The molecule has 0 aromatic heterocycles. The van der Waals surface area contributed by atoms with Crippen LogP contribution in [-0.2, 0) is 44.3 Å². The van der Waals surface area contributed by atoms with Crippen LogP contribution in [0.3, 0.4) is 0 Å². The summed E-state index contributed by atoms with van der Waals surface area (Å²) >= 11 is 0. The molecular weight excluding hydrogens is 444 g/mol. The van der Waals surface area contributed by atoms with Crippen LogP contribution in [0.25, 0.3) is 0 Å². The van der Waals surface area contributed by atoms with Crippen LogP contribution >= 0.6 is 0 Å². The van der Waals surface area contributed by atoms with E-state index >= 15 is 0 Å². The van der Waals surface area contributed by atoms with E-state index in [2.05, 4.69) is 31.2 Å². The molecule has 0 aliphatic rings. The molecule has 0 aliphatic heterocycles. The maximum absolute atomic E-state index is 10.8. The second-order valence-electron chi connectivity index (χ2n) is 6.50. The molecule has 0 saturated carbocycles. The third-order valence-electron chi connectivity index (χ3n) is 4.55. The van der Waals surface area contributed by atoms with Crippen LogP contribution in [0.4, 0.5) is 0 Å². The van der Waals surface area contributed by atoms with Gasteiger partial charge in [0.05, 0.1) is 0 Å². The SMILES string of the molecule is CC(CCC(=O)O)(c1ccc[cH-]1)c1ccc[cH-]1.[Fe+2].[Fe+2].c1cc[cH-]c1.c1cc[cH-]c1. The third-order valence-corrected chi connectivity index (χ3v) is 4.55. The molecular formula is C25H26Fe2O2. The topological polar surface area (TPSA) is 37.3 Å². The van der Waals surface area contributed by atoms with Gasteiger partial charge in [-0.05, 0) is 11.8 Å². The molecule has 0 bridgehead atoms. The van der Waals surface area contributed by atoms with Gasteiger partial charge in [0.1, 0.15) is 0 Å². The van der Waals surface area contributed by atoms with Gasteiger partial charge in [-0.1, -0.05) is 6.92 Å². The number of rotatable bonds is 5. The van der Waals surface area contributed by atoms with E-state index in [1.54, 1.807) is 0 Å². The normalized spacial score (nSPS) is 9.55. The Hall–Kier alpha value is -2.09. The van der Waals surface area contributed by atoms with Gasteiger partial charge in [-0.15, -0.1) is 0 Å². The van der Waals surface area contributed by atoms with Crippen molar-refractivity contribution in [2.24, 2.45) is 0 Å². The zero-order valence-corrected chi connectivity index (χ0v) is 18.6. The molecule has 1 N–H and O–H groups in total. The Morgan fingerprint density at radius 2 is 1.21 bits per heavy atom. The van der Waals surface area contributed by atoms with Crippen molar-refractivity contribution in [2.75, 3.05) is 0 Å². The van der Waals surface area contributed by atoms with Gasteiger partial charge in [0.25, 0.3) is 0 Å². The van der Waals surface area contributed by atoms with Crippen LogP contribution in [0.5, 0.6) is 0 Å². The smallest absolute Gasteiger partial charge is 0.481 e. The largest absolute Gasteiger partial charge is 2.00 e.